The first kappa shape index (κ1) is 25.1. The Morgan fingerprint density at radius 2 is 1.43 bits per heavy atom. The SMILES string of the molecule is CC(NC(=O)C(CC(N)=O)NC(=O)C(N)CC(=O)O)C(=O)NC(CS)C(=O)O. The molecule has 0 radical (unpaired) electrons. The Hall–Kier alpha value is -2.87. The lowest BCUT2D eigenvalue weighted by Gasteiger charge is -2.22. The molecule has 0 saturated carbocycles. The molecule has 0 aliphatic rings. The minimum Gasteiger partial charge on any atom is -0.481 e. The highest BCUT2D eigenvalue weighted by Gasteiger charge is 2.29. The summed E-state index contributed by atoms with van der Waals surface area (Å²) in [7, 11) is 0. The van der Waals surface area contributed by atoms with E-state index in [-0.39, 0.29) is 5.75 Å². The summed E-state index contributed by atoms with van der Waals surface area (Å²) in [6.07, 6.45) is -1.35. The molecule has 0 saturated heterocycles. The van der Waals surface area contributed by atoms with Crippen molar-refractivity contribution >= 4 is 48.2 Å². The van der Waals surface area contributed by atoms with Crippen molar-refractivity contribution in [2.24, 2.45) is 11.5 Å². The van der Waals surface area contributed by atoms with Crippen LogP contribution in [0.15, 0.2) is 0 Å². The summed E-state index contributed by atoms with van der Waals surface area (Å²) in [6, 6.07) is -5.51. The molecular weight excluding hydrogens is 398 g/mol. The van der Waals surface area contributed by atoms with E-state index in [1.807, 2.05) is 0 Å². The second-order valence-electron chi connectivity index (χ2n) is 5.75. The number of primary amides is 1. The van der Waals surface area contributed by atoms with E-state index in [9.17, 15) is 28.8 Å². The number of carbonyl (C=O) groups excluding carboxylic acids is 4. The van der Waals surface area contributed by atoms with Gasteiger partial charge in [0.2, 0.25) is 23.6 Å². The molecule has 0 heterocycles. The normalized spacial score (nSPS) is 14.7. The van der Waals surface area contributed by atoms with Crippen LogP contribution in [0.5, 0.6) is 0 Å². The van der Waals surface area contributed by atoms with Crippen molar-refractivity contribution in [3.63, 3.8) is 0 Å². The van der Waals surface area contributed by atoms with E-state index in [1.165, 1.54) is 6.92 Å². The number of carboxylic acid groups (broad SMARTS) is 2. The zero-order valence-corrected chi connectivity index (χ0v) is 15.8. The van der Waals surface area contributed by atoms with Crippen molar-refractivity contribution in [2.75, 3.05) is 5.75 Å². The van der Waals surface area contributed by atoms with Crippen molar-refractivity contribution in [1.29, 1.82) is 0 Å². The molecule has 0 rings (SSSR count). The molecule has 14 heteroatoms. The molecule has 28 heavy (non-hydrogen) atoms. The van der Waals surface area contributed by atoms with Gasteiger partial charge >= 0.3 is 11.9 Å². The number of rotatable bonds is 12. The first-order chi connectivity index (χ1) is 12.9. The van der Waals surface area contributed by atoms with Crippen LogP contribution in [0.3, 0.4) is 0 Å². The fraction of sp³-hybridized carbons (Fsp3) is 0.571. The summed E-state index contributed by atoms with van der Waals surface area (Å²) in [5.41, 5.74) is 10.4. The van der Waals surface area contributed by atoms with E-state index >= 15 is 0 Å². The van der Waals surface area contributed by atoms with Gasteiger partial charge in [0.05, 0.1) is 18.9 Å². The summed E-state index contributed by atoms with van der Waals surface area (Å²) in [6.45, 7) is 1.24. The number of hydrogen-bond acceptors (Lipinski definition) is 8. The number of nitrogens with one attached hydrogen (secondary N) is 3. The molecule has 9 N–H and O–H groups in total. The van der Waals surface area contributed by atoms with Crippen LogP contribution in [0.4, 0.5) is 0 Å². The molecule has 4 atom stereocenters. The fourth-order valence-electron chi connectivity index (χ4n) is 1.83. The minimum absolute atomic E-state index is 0.191. The summed E-state index contributed by atoms with van der Waals surface area (Å²) in [4.78, 5) is 68.7. The van der Waals surface area contributed by atoms with Crippen molar-refractivity contribution < 1.29 is 39.0 Å². The molecule has 4 unspecified atom stereocenters. The van der Waals surface area contributed by atoms with E-state index in [0.29, 0.717) is 0 Å². The van der Waals surface area contributed by atoms with Gasteiger partial charge in [0, 0.05) is 5.75 Å². The van der Waals surface area contributed by atoms with Crippen LogP contribution in [0.2, 0.25) is 0 Å². The second-order valence-corrected chi connectivity index (χ2v) is 6.11. The summed E-state index contributed by atoms with van der Waals surface area (Å²) >= 11 is 3.78. The van der Waals surface area contributed by atoms with Gasteiger partial charge in [0.25, 0.3) is 0 Å². The smallest absolute Gasteiger partial charge is 0.327 e. The molecule has 0 aliphatic carbocycles. The van der Waals surface area contributed by atoms with Crippen LogP contribution >= 0.6 is 12.6 Å². The maximum atomic E-state index is 12.3. The van der Waals surface area contributed by atoms with E-state index in [1.54, 1.807) is 0 Å². The Balaban J connectivity index is 5.03. The Morgan fingerprint density at radius 1 is 0.893 bits per heavy atom. The largest absolute Gasteiger partial charge is 0.481 e. The highest BCUT2D eigenvalue weighted by Crippen LogP contribution is 1.98. The lowest BCUT2D eigenvalue weighted by atomic mass is 10.1. The quantitative estimate of drug-likeness (QED) is 0.144. The average Bonchev–Trinajstić information content (AvgIpc) is 2.57. The molecule has 0 aromatic heterocycles. The maximum absolute atomic E-state index is 12.3. The summed E-state index contributed by atoms with van der Waals surface area (Å²) in [5, 5.41) is 23.9. The molecular formula is C14H23N5O8S. The number of amides is 4. The van der Waals surface area contributed by atoms with Gasteiger partial charge in [-0.2, -0.15) is 12.6 Å². The first-order valence-electron chi connectivity index (χ1n) is 7.89. The van der Waals surface area contributed by atoms with Gasteiger partial charge in [-0.3, -0.25) is 24.0 Å². The number of hydrogen-bond donors (Lipinski definition) is 8. The molecule has 13 nitrogen and oxygen atoms in total. The molecule has 0 aromatic carbocycles. The molecule has 4 amide bonds. The lowest BCUT2D eigenvalue weighted by Crippen LogP contribution is -2.57. The summed E-state index contributed by atoms with van der Waals surface area (Å²) < 4.78 is 0. The molecule has 0 spiro atoms. The monoisotopic (exact) mass is 421 g/mol. The molecule has 158 valence electrons. The minimum atomic E-state index is -1.51. The maximum Gasteiger partial charge on any atom is 0.327 e. The molecule has 0 fully saturated rings. The van der Waals surface area contributed by atoms with Crippen LogP contribution in [-0.2, 0) is 28.8 Å². The van der Waals surface area contributed by atoms with Gasteiger partial charge in [-0.05, 0) is 6.92 Å². The Bertz CT molecular complexity index is 643. The molecule has 0 aromatic rings. The first-order valence-corrected chi connectivity index (χ1v) is 8.52. The van der Waals surface area contributed by atoms with Gasteiger partial charge in [-0.1, -0.05) is 0 Å². The Kier molecular flexibility index (Phi) is 10.6. The Morgan fingerprint density at radius 3 is 1.86 bits per heavy atom. The number of carboxylic acids is 2. The molecule has 0 bridgehead atoms. The van der Waals surface area contributed by atoms with Gasteiger partial charge in [0.15, 0.2) is 0 Å². The van der Waals surface area contributed by atoms with Crippen molar-refractivity contribution in [3.05, 3.63) is 0 Å². The third-order valence-electron chi connectivity index (χ3n) is 3.32. The summed E-state index contributed by atoms with van der Waals surface area (Å²) in [5.74, 6) is -6.65. The fourth-order valence-corrected chi connectivity index (χ4v) is 2.08. The van der Waals surface area contributed by atoms with Crippen LogP contribution < -0.4 is 27.4 Å². The van der Waals surface area contributed by atoms with Gasteiger partial charge in [-0.25, -0.2) is 4.79 Å². The topological polar surface area (TPSA) is 231 Å². The average molecular weight is 421 g/mol. The van der Waals surface area contributed by atoms with E-state index in [2.05, 4.69) is 28.6 Å². The zero-order chi connectivity index (χ0) is 22.0. The number of thiol groups is 1. The van der Waals surface area contributed by atoms with Gasteiger partial charge in [0.1, 0.15) is 18.1 Å². The lowest BCUT2D eigenvalue weighted by molar-refractivity contribution is -0.141. The zero-order valence-electron chi connectivity index (χ0n) is 14.9. The number of nitrogens with two attached hydrogens (primary N) is 2. The van der Waals surface area contributed by atoms with E-state index in [0.717, 1.165) is 0 Å². The molecule has 0 aliphatic heterocycles. The van der Waals surface area contributed by atoms with Gasteiger partial charge in [-0.15, -0.1) is 0 Å². The van der Waals surface area contributed by atoms with Crippen LogP contribution in [0.1, 0.15) is 19.8 Å². The van der Waals surface area contributed by atoms with Crippen LogP contribution in [0.25, 0.3) is 0 Å². The third-order valence-corrected chi connectivity index (χ3v) is 3.68. The highest BCUT2D eigenvalue weighted by molar-refractivity contribution is 7.80. The third kappa shape index (κ3) is 9.18. The van der Waals surface area contributed by atoms with Gasteiger partial charge < -0.3 is 37.6 Å². The predicted octanol–water partition coefficient (Wildman–Crippen LogP) is -3.85. The van der Waals surface area contributed by atoms with E-state index in [4.69, 9.17) is 21.7 Å². The highest BCUT2D eigenvalue weighted by atomic mass is 32.1. The Labute approximate surface area is 165 Å². The standard InChI is InChI=1S/C14H23N5O8S/c1-5(11(23)19-8(4-28)14(26)27)17-13(25)7(3-9(16)20)18-12(24)6(15)2-10(21)22/h5-8,28H,2-4,15H2,1H3,(H2,16,20)(H,17,25)(H,18,24)(H,19,23)(H,21,22)(H,26,27). The predicted molar refractivity (Wildman–Crippen MR) is 97.0 cm³/mol. The van der Waals surface area contributed by atoms with Crippen LogP contribution in [0, 0.1) is 0 Å². The van der Waals surface area contributed by atoms with Crippen molar-refractivity contribution in [3.8, 4) is 0 Å². The van der Waals surface area contributed by atoms with Crippen molar-refractivity contribution in [1.82, 2.24) is 16.0 Å². The van der Waals surface area contributed by atoms with E-state index < -0.39 is 72.6 Å². The number of carbonyl (C=O) groups is 6. The van der Waals surface area contributed by atoms with Crippen molar-refractivity contribution in [2.45, 2.75) is 43.9 Å². The second kappa shape index (κ2) is 11.8. The number of aliphatic carboxylic acids is 2. The van der Waals surface area contributed by atoms with Crippen LogP contribution in [-0.4, -0.2) is 75.7 Å².